The highest BCUT2D eigenvalue weighted by Crippen LogP contribution is 1.45. The van der Waals surface area contributed by atoms with Crippen LogP contribution in [-0.4, -0.2) is 11.2 Å². The van der Waals surface area contributed by atoms with Crippen molar-refractivity contribution in [1.29, 1.82) is 0 Å². The second-order valence-corrected chi connectivity index (χ2v) is 0.587. The third kappa shape index (κ3) is 1.36. The molecule has 6 heavy (non-hydrogen) atoms. The number of guanidine groups is 1. The third-order valence-corrected chi connectivity index (χ3v) is 0.235. The summed E-state index contributed by atoms with van der Waals surface area (Å²) in [6.07, 6.45) is 0. The lowest BCUT2D eigenvalue weighted by Crippen LogP contribution is -2.23. The van der Waals surface area contributed by atoms with Gasteiger partial charge < -0.3 is 11.6 Å². The molecule has 0 unspecified atom stereocenters. The van der Waals surface area contributed by atoms with Crippen LogP contribution < -0.4 is 17.1 Å². The second-order valence-electron chi connectivity index (χ2n) is 0.587. The molecule has 5 nitrogen and oxygen atoms in total. The van der Waals surface area contributed by atoms with E-state index < -0.39 is 0 Å². The van der Waals surface area contributed by atoms with E-state index in [-0.39, 0.29) is 5.96 Å². The van der Waals surface area contributed by atoms with Crippen LogP contribution in [0, 0.1) is 0 Å². The summed E-state index contributed by atoms with van der Waals surface area (Å²) >= 11 is 0. The molecular formula is CH5N4O. The zero-order valence-electron chi connectivity index (χ0n) is 3.00. The van der Waals surface area contributed by atoms with E-state index in [1.54, 1.807) is 0 Å². The lowest BCUT2D eigenvalue weighted by Gasteiger charge is -1.83. The zero-order valence-corrected chi connectivity index (χ0v) is 3.00. The van der Waals surface area contributed by atoms with Gasteiger partial charge in [-0.15, -0.1) is 5.10 Å². The van der Waals surface area contributed by atoms with Gasteiger partial charge in [0, 0.05) is 0 Å². The molecule has 0 aliphatic carbocycles. The van der Waals surface area contributed by atoms with Gasteiger partial charge in [0.1, 0.15) is 0 Å². The first-order valence-electron chi connectivity index (χ1n) is 1.19. The molecule has 0 aliphatic rings. The van der Waals surface area contributed by atoms with E-state index >= 15 is 0 Å². The molecule has 5 heteroatoms. The van der Waals surface area contributed by atoms with Crippen LogP contribution >= 0.6 is 0 Å². The summed E-state index contributed by atoms with van der Waals surface area (Å²) in [7, 11) is 0. The summed E-state index contributed by atoms with van der Waals surface area (Å²) in [6, 6.07) is 0. The minimum Gasteiger partial charge on any atom is -0.365 e. The van der Waals surface area contributed by atoms with Gasteiger partial charge in [0.05, 0.1) is 0 Å². The molecule has 0 saturated carbocycles. The van der Waals surface area contributed by atoms with Crippen LogP contribution in [0.25, 0.3) is 0 Å². The molecule has 0 heterocycles. The largest absolute Gasteiger partial charge is 0.365 e. The Kier molecular flexibility index (Phi) is 1.91. The normalized spacial score (nSPS) is 11.2. The number of nitrogens with zero attached hydrogens (tertiary/aromatic N) is 2. The molecule has 35 valence electrons. The minimum absolute atomic E-state index is 0.324. The lowest BCUT2D eigenvalue weighted by molar-refractivity contribution is 0.222. The van der Waals surface area contributed by atoms with Gasteiger partial charge >= 0.3 is 0 Å². The maximum Gasteiger partial charge on any atom is 0.260 e. The van der Waals surface area contributed by atoms with Gasteiger partial charge in [-0.1, -0.05) is 5.48 Å². The molecule has 0 aliphatic heterocycles. The fourth-order valence-electron chi connectivity index (χ4n) is 0.0258. The predicted octanol–water partition coefficient (Wildman–Crippen LogP) is -1.83. The highest BCUT2D eigenvalue weighted by Gasteiger charge is 1.79. The van der Waals surface area contributed by atoms with Crippen molar-refractivity contribution < 1.29 is 5.21 Å². The van der Waals surface area contributed by atoms with Crippen molar-refractivity contribution in [3.8, 4) is 0 Å². The molecule has 0 atom stereocenters. The van der Waals surface area contributed by atoms with E-state index in [9.17, 15) is 0 Å². The Labute approximate surface area is 34.6 Å². The Balaban J connectivity index is 3.22. The van der Waals surface area contributed by atoms with Crippen LogP contribution in [0.5, 0.6) is 0 Å². The SMILES string of the molecule is NN=C(N)[N]O. The molecule has 0 aromatic heterocycles. The monoisotopic (exact) mass is 89.0 g/mol. The molecule has 0 rings (SSSR count). The van der Waals surface area contributed by atoms with E-state index in [0.717, 1.165) is 0 Å². The highest BCUT2D eigenvalue weighted by molar-refractivity contribution is 5.75. The summed E-state index contributed by atoms with van der Waals surface area (Å²) in [6.45, 7) is 0. The number of hydrogen-bond donors (Lipinski definition) is 3. The Morgan fingerprint density at radius 1 is 1.67 bits per heavy atom. The van der Waals surface area contributed by atoms with Crippen LogP contribution in [0.3, 0.4) is 0 Å². The summed E-state index contributed by atoms with van der Waals surface area (Å²) in [5, 5.41) is 10.4. The molecule has 5 N–H and O–H groups in total. The first-order chi connectivity index (χ1) is 2.81. The van der Waals surface area contributed by atoms with Gasteiger partial charge in [-0.25, -0.2) is 0 Å². The molecule has 0 aromatic rings. The van der Waals surface area contributed by atoms with Crippen LogP contribution in [0.4, 0.5) is 0 Å². The topological polar surface area (TPSA) is 98.7 Å². The van der Waals surface area contributed by atoms with Crippen molar-refractivity contribution in [2.45, 2.75) is 0 Å². The third-order valence-electron chi connectivity index (χ3n) is 0.235. The number of rotatable bonds is 0. The molecule has 1 radical (unpaired) electrons. The Morgan fingerprint density at radius 2 is 2.17 bits per heavy atom. The average Bonchev–Trinajstić information content (AvgIpc) is 1.65. The zero-order chi connectivity index (χ0) is 4.99. The summed E-state index contributed by atoms with van der Waals surface area (Å²) in [5.74, 6) is 4.17. The minimum atomic E-state index is -0.324. The lowest BCUT2D eigenvalue weighted by atomic mass is 11.1. The average molecular weight is 89.1 g/mol. The molecular weight excluding hydrogens is 84.0 g/mol. The van der Waals surface area contributed by atoms with Crippen LogP contribution in [0.2, 0.25) is 0 Å². The number of hydrazone groups is 1. The molecule has 0 fully saturated rings. The van der Waals surface area contributed by atoms with Crippen molar-refractivity contribution in [2.24, 2.45) is 16.7 Å². The van der Waals surface area contributed by atoms with Crippen molar-refractivity contribution in [3.05, 3.63) is 0 Å². The molecule has 0 saturated heterocycles. The first-order valence-corrected chi connectivity index (χ1v) is 1.19. The van der Waals surface area contributed by atoms with Gasteiger partial charge in [-0.2, -0.15) is 0 Å². The summed E-state index contributed by atoms with van der Waals surface area (Å²) in [4.78, 5) is 0. The van der Waals surface area contributed by atoms with Gasteiger partial charge in [0.25, 0.3) is 5.96 Å². The van der Waals surface area contributed by atoms with Gasteiger partial charge in [0.15, 0.2) is 0 Å². The van der Waals surface area contributed by atoms with Gasteiger partial charge in [0.2, 0.25) is 0 Å². The number of hydrogen-bond acceptors (Lipinski definition) is 3. The van der Waals surface area contributed by atoms with Crippen molar-refractivity contribution in [2.75, 3.05) is 0 Å². The van der Waals surface area contributed by atoms with Crippen molar-refractivity contribution >= 4 is 5.96 Å². The number of nitrogens with two attached hydrogens (primary N) is 2. The van der Waals surface area contributed by atoms with Crippen LogP contribution in [0.1, 0.15) is 0 Å². The predicted molar refractivity (Wildman–Crippen MR) is 19.7 cm³/mol. The van der Waals surface area contributed by atoms with Crippen molar-refractivity contribution in [1.82, 2.24) is 5.48 Å². The molecule has 0 spiro atoms. The Morgan fingerprint density at radius 3 is 2.17 bits per heavy atom. The molecule has 0 aromatic carbocycles. The standard InChI is InChI=1S/CH5N4O/c2-1(4-3)5-6/h6H,3H2,(H2,2,4). The smallest absolute Gasteiger partial charge is 0.260 e. The van der Waals surface area contributed by atoms with Crippen LogP contribution in [-0.2, 0) is 0 Å². The first kappa shape index (κ1) is 5.03. The van der Waals surface area contributed by atoms with E-state index in [4.69, 9.17) is 5.21 Å². The molecule has 0 amide bonds. The van der Waals surface area contributed by atoms with Gasteiger partial charge in [-0.3, -0.25) is 5.21 Å². The summed E-state index contributed by atoms with van der Waals surface area (Å²) < 4.78 is 0. The Bertz CT molecular complexity index is 58.6. The maximum atomic E-state index is 7.62. The van der Waals surface area contributed by atoms with Crippen molar-refractivity contribution in [3.63, 3.8) is 0 Å². The maximum absolute atomic E-state index is 7.62. The van der Waals surface area contributed by atoms with E-state index in [2.05, 4.69) is 22.2 Å². The molecule has 0 bridgehead atoms. The second kappa shape index (κ2) is 2.28. The highest BCUT2D eigenvalue weighted by atomic mass is 16.5. The van der Waals surface area contributed by atoms with E-state index in [0.29, 0.717) is 0 Å². The quantitative estimate of drug-likeness (QED) is 0.141. The number of hydroxylamine groups is 1. The Hall–Kier alpha value is -0.970. The van der Waals surface area contributed by atoms with Crippen LogP contribution in [0.15, 0.2) is 5.10 Å². The van der Waals surface area contributed by atoms with E-state index in [1.807, 2.05) is 0 Å². The van der Waals surface area contributed by atoms with Gasteiger partial charge in [-0.05, 0) is 0 Å². The fourth-order valence-corrected chi connectivity index (χ4v) is 0.0258. The van der Waals surface area contributed by atoms with E-state index in [1.165, 1.54) is 0 Å². The summed E-state index contributed by atoms with van der Waals surface area (Å²) in [5.41, 5.74) is 7.09. The fraction of sp³-hybridized carbons (Fsp3) is 0.